The van der Waals surface area contributed by atoms with Crippen LogP contribution in [0.1, 0.15) is 47.5 Å². The average Bonchev–Trinajstić information content (AvgIpc) is 2.21. The summed E-state index contributed by atoms with van der Waals surface area (Å²) >= 11 is 0. The smallest absolute Gasteiger partial charge is 0.211 e. The monoisotopic (exact) mass is 279 g/mol. The van der Waals surface area contributed by atoms with Gasteiger partial charge in [-0.05, 0) is 40.0 Å². The number of hydrogen-bond donors (Lipinski definition) is 0. The average molecular weight is 279 g/mol. The first-order valence-electron chi connectivity index (χ1n) is 6.56. The van der Waals surface area contributed by atoms with E-state index in [1.54, 1.807) is 7.05 Å². The Balaban J connectivity index is 4.62. The van der Waals surface area contributed by atoms with Gasteiger partial charge in [-0.2, -0.15) is 4.31 Å². The molecule has 1 unspecified atom stereocenters. The molecule has 0 aromatic carbocycles. The number of nitrogens with zero attached hydrogens (tertiary/aromatic N) is 1. The minimum absolute atomic E-state index is 0.217. The van der Waals surface area contributed by atoms with Crippen LogP contribution in [0.2, 0.25) is 0 Å². The van der Waals surface area contributed by atoms with E-state index in [1.165, 1.54) is 10.6 Å². The molecule has 4 nitrogen and oxygen atoms in total. The highest BCUT2D eigenvalue weighted by atomic mass is 32.2. The van der Waals surface area contributed by atoms with Gasteiger partial charge in [0.15, 0.2) is 0 Å². The van der Waals surface area contributed by atoms with Crippen LogP contribution in [0.4, 0.5) is 0 Å². The van der Waals surface area contributed by atoms with Crippen molar-refractivity contribution >= 4 is 10.0 Å². The van der Waals surface area contributed by atoms with Crippen LogP contribution >= 0.6 is 0 Å². The fraction of sp³-hybridized carbons (Fsp3) is 1.00. The predicted molar refractivity (Wildman–Crippen MR) is 76.2 cm³/mol. The van der Waals surface area contributed by atoms with Gasteiger partial charge in [0.2, 0.25) is 10.0 Å². The van der Waals surface area contributed by atoms with Crippen LogP contribution in [0, 0.1) is 5.92 Å². The molecule has 0 aliphatic carbocycles. The van der Waals surface area contributed by atoms with E-state index in [1.807, 2.05) is 27.7 Å². The molecule has 5 heteroatoms. The summed E-state index contributed by atoms with van der Waals surface area (Å²) in [4.78, 5) is 0. The molecule has 110 valence electrons. The van der Waals surface area contributed by atoms with Gasteiger partial charge in [0.05, 0.1) is 12.4 Å². The van der Waals surface area contributed by atoms with Crippen LogP contribution < -0.4 is 0 Å². The van der Waals surface area contributed by atoms with Crippen LogP contribution in [0.3, 0.4) is 0 Å². The van der Waals surface area contributed by atoms with Crippen LogP contribution in [-0.2, 0) is 14.8 Å². The second-order valence-electron chi connectivity index (χ2n) is 5.90. The van der Waals surface area contributed by atoms with E-state index in [0.29, 0.717) is 12.5 Å². The lowest BCUT2D eigenvalue weighted by Gasteiger charge is -2.36. The van der Waals surface area contributed by atoms with Crippen molar-refractivity contribution in [1.82, 2.24) is 4.31 Å². The van der Waals surface area contributed by atoms with Crippen molar-refractivity contribution in [2.45, 2.75) is 59.1 Å². The molecule has 0 fully saturated rings. The van der Waals surface area contributed by atoms with Crippen LogP contribution in [0.5, 0.6) is 0 Å². The van der Waals surface area contributed by atoms with E-state index in [0.717, 1.165) is 12.8 Å². The third-order valence-electron chi connectivity index (χ3n) is 3.38. The minimum atomic E-state index is -3.15. The highest BCUT2D eigenvalue weighted by Gasteiger charge is 2.32. The van der Waals surface area contributed by atoms with Crippen molar-refractivity contribution in [2.24, 2.45) is 5.92 Å². The maximum absolute atomic E-state index is 11.6. The SMILES string of the molecule is CCC(COC(C)C)CC(C)(C)N(C)S(C)(=O)=O. The summed E-state index contributed by atoms with van der Waals surface area (Å²) in [5.41, 5.74) is -0.380. The molecule has 0 N–H and O–H groups in total. The lowest BCUT2D eigenvalue weighted by molar-refractivity contribution is 0.0366. The molecule has 0 bridgehead atoms. The standard InChI is InChI=1S/C13H29NO3S/c1-8-12(10-17-11(2)3)9-13(4,5)14(6)18(7,15)16/h11-12H,8-10H2,1-7H3. The summed E-state index contributed by atoms with van der Waals surface area (Å²) in [5, 5.41) is 0. The third kappa shape index (κ3) is 6.16. The minimum Gasteiger partial charge on any atom is -0.379 e. The summed E-state index contributed by atoms with van der Waals surface area (Å²) in [7, 11) is -1.51. The summed E-state index contributed by atoms with van der Waals surface area (Å²) in [5.74, 6) is 0.381. The van der Waals surface area contributed by atoms with Gasteiger partial charge in [-0.1, -0.05) is 13.3 Å². The highest BCUT2D eigenvalue weighted by Crippen LogP contribution is 2.26. The fourth-order valence-electron chi connectivity index (χ4n) is 1.93. The Morgan fingerprint density at radius 3 is 2.11 bits per heavy atom. The lowest BCUT2D eigenvalue weighted by Crippen LogP contribution is -2.46. The molecule has 0 heterocycles. The van der Waals surface area contributed by atoms with Crippen LogP contribution in [0.15, 0.2) is 0 Å². The Hall–Kier alpha value is -0.130. The van der Waals surface area contributed by atoms with E-state index in [4.69, 9.17) is 4.74 Å². The third-order valence-corrected chi connectivity index (χ3v) is 4.87. The molecule has 0 aromatic rings. The van der Waals surface area contributed by atoms with Gasteiger partial charge < -0.3 is 4.74 Å². The number of sulfonamides is 1. The first-order chi connectivity index (χ1) is 8.00. The fourth-order valence-corrected chi connectivity index (χ4v) is 2.91. The van der Waals surface area contributed by atoms with Crippen LogP contribution in [0.25, 0.3) is 0 Å². The normalized spacial score (nSPS) is 15.4. The lowest BCUT2D eigenvalue weighted by atomic mass is 9.89. The van der Waals surface area contributed by atoms with E-state index >= 15 is 0 Å². The zero-order valence-corrected chi connectivity index (χ0v) is 13.7. The van der Waals surface area contributed by atoms with Gasteiger partial charge in [0.25, 0.3) is 0 Å². The molecule has 0 amide bonds. The van der Waals surface area contributed by atoms with Gasteiger partial charge >= 0.3 is 0 Å². The molecule has 0 aliphatic rings. The van der Waals surface area contributed by atoms with Gasteiger partial charge in [-0.25, -0.2) is 8.42 Å². The van der Waals surface area contributed by atoms with Crippen molar-refractivity contribution in [2.75, 3.05) is 19.9 Å². The first kappa shape index (κ1) is 17.9. The second kappa shape index (κ2) is 6.87. The van der Waals surface area contributed by atoms with Crippen molar-refractivity contribution in [3.8, 4) is 0 Å². The topological polar surface area (TPSA) is 46.6 Å². The molecule has 0 spiro atoms. The molecule has 0 rings (SSSR count). The summed E-state index contributed by atoms with van der Waals surface area (Å²) in [6.07, 6.45) is 3.27. The Kier molecular flexibility index (Phi) is 6.82. The Labute approximate surface area is 113 Å². The Morgan fingerprint density at radius 2 is 1.78 bits per heavy atom. The molecule has 1 atom stereocenters. The number of ether oxygens (including phenoxy) is 1. The second-order valence-corrected chi connectivity index (χ2v) is 7.92. The molecule has 0 aliphatic heterocycles. The first-order valence-corrected chi connectivity index (χ1v) is 8.41. The van der Waals surface area contributed by atoms with Gasteiger partial charge in [0, 0.05) is 19.2 Å². The summed E-state index contributed by atoms with van der Waals surface area (Å²) in [6, 6.07) is 0. The predicted octanol–water partition coefficient (Wildman–Crippen LogP) is 2.50. The van der Waals surface area contributed by atoms with E-state index in [-0.39, 0.29) is 11.6 Å². The quantitative estimate of drug-likeness (QED) is 0.686. The van der Waals surface area contributed by atoms with Crippen LogP contribution in [-0.4, -0.2) is 44.3 Å². The van der Waals surface area contributed by atoms with E-state index in [9.17, 15) is 8.42 Å². The number of rotatable bonds is 8. The molecule has 0 saturated heterocycles. The molecular weight excluding hydrogens is 250 g/mol. The van der Waals surface area contributed by atoms with Crippen molar-refractivity contribution in [3.63, 3.8) is 0 Å². The highest BCUT2D eigenvalue weighted by molar-refractivity contribution is 7.88. The van der Waals surface area contributed by atoms with Gasteiger partial charge in [-0.15, -0.1) is 0 Å². The molecule has 0 radical (unpaired) electrons. The summed E-state index contributed by atoms with van der Waals surface area (Å²) < 4.78 is 30.3. The van der Waals surface area contributed by atoms with Crippen molar-refractivity contribution < 1.29 is 13.2 Å². The zero-order valence-electron chi connectivity index (χ0n) is 12.9. The molecular formula is C13H29NO3S. The Bertz CT molecular complexity index is 336. The summed E-state index contributed by atoms with van der Waals surface area (Å²) in [6.45, 7) is 10.8. The van der Waals surface area contributed by atoms with Gasteiger partial charge in [0.1, 0.15) is 0 Å². The zero-order chi connectivity index (χ0) is 14.6. The van der Waals surface area contributed by atoms with Gasteiger partial charge in [-0.3, -0.25) is 0 Å². The molecule has 0 aromatic heterocycles. The molecule has 0 saturated carbocycles. The van der Waals surface area contributed by atoms with Crippen molar-refractivity contribution in [3.05, 3.63) is 0 Å². The Morgan fingerprint density at radius 1 is 1.28 bits per heavy atom. The van der Waals surface area contributed by atoms with Crippen molar-refractivity contribution in [1.29, 1.82) is 0 Å². The molecule has 18 heavy (non-hydrogen) atoms. The van der Waals surface area contributed by atoms with E-state index < -0.39 is 10.0 Å². The number of hydrogen-bond acceptors (Lipinski definition) is 3. The maximum atomic E-state index is 11.6. The maximum Gasteiger partial charge on any atom is 0.211 e. The largest absolute Gasteiger partial charge is 0.379 e. The van der Waals surface area contributed by atoms with E-state index in [2.05, 4.69) is 6.92 Å².